The van der Waals surface area contributed by atoms with Crippen LogP contribution in [0.4, 0.5) is 4.79 Å². The molecule has 6 nitrogen and oxygen atoms in total. The van der Waals surface area contributed by atoms with E-state index < -0.39 is 6.09 Å². The second-order valence-electron chi connectivity index (χ2n) is 8.19. The maximum Gasteiger partial charge on any atom is 0.404 e. The van der Waals surface area contributed by atoms with Crippen LogP contribution in [0.2, 0.25) is 0 Å². The van der Waals surface area contributed by atoms with Crippen molar-refractivity contribution < 1.29 is 14.6 Å². The summed E-state index contributed by atoms with van der Waals surface area (Å²) in [6.45, 7) is 1.63. The third kappa shape index (κ3) is 4.58. The van der Waals surface area contributed by atoms with Crippen LogP contribution in [0.1, 0.15) is 42.7 Å². The first-order valence-electron chi connectivity index (χ1n) is 10.6. The highest BCUT2D eigenvalue weighted by molar-refractivity contribution is 5.64. The number of nitrogens with zero attached hydrogens (tertiary/aromatic N) is 2. The maximum absolute atomic E-state index is 11.1. The molecular formula is C24H27N3O3. The van der Waals surface area contributed by atoms with Crippen molar-refractivity contribution in [1.29, 1.82) is 5.26 Å². The SMILES string of the molecule is N#Cc1ccccc1OC1CC(c2ccccc2)CC1N1CCC[C@@H](NC(=O)O)C1. The number of nitrogens with one attached hydrogen (secondary N) is 1. The monoisotopic (exact) mass is 405 g/mol. The van der Waals surface area contributed by atoms with Gasteiger partial charge in [0.15, 0.2) is 0 Å². The van der Waals surface area contributed by atoms with Crippen molar-refractivity contribution in [3.63, 3.8) is 0 Å². The van der Waals surface area contributed by atoms with E-state index >= 15 is 0 Å². The van der Waals surface area contributed by atoms with Gasteiger partial charge in [0.05, 0.1) is 5.56 Å². The zero-order valence-corrected chi connectivity index (χ0v) is 16.9. The predicted octanol–water partition coefficient (Wildman–Crippen LogP) is 3.98. The molecule has 4 atom stereocenters. The van der Waals surface area contributed by atoms with Crippen LogP contribution in [0.3, 0.4) is 0 Å². The van der Waals surface area contributed by atoms with Crippen LogP contribution < -0.4 is 10.1 Å². The molecule has 1 saturated carbocycles. The van der Waals surface area contributed by atoms with Crippen molar-refractivity contribution in [2.75, 3.05) is 13.1 Å². The topological polar surface area (TPSA) is 85.6 Å². The minimum Gasteiger partial charge on any atom is -0.487 e. The lowest BCUT2D eigenvalue weighted by molar-refractivity contribution is 0.0628. The van der Waals surface area contributed by atoms with Gasteiger partial charge in [-0.25, -0.2) is 4.79 Å². The van der Waals surface area contributed by atoms with Gasteiger partial charge in [-0.2, -0.15) is 5.26 Å². The van der Waals surface area contributed by atoms with Gasteiger partial charge in [-0.1, -0.05) is 42.5 Å². The van der Waals surface area contributed by atoms with E-state index in [2.05, 4.69) is 40.6 Å². The lowest BCUT2D eigenvalue weighted by Gasteiger charge is -2.39. The molecule has 2 N–H and O–H groups in total. The van der Waals surface area contributed by atoms with Crippen molar-refractivity contribution in [3.05, 3.63) is 65.7 Å². The fraction of sp³-hybridized carbons (Fsp3) is 0.417. The molecule has 1 aliphatic heterocycles. The lowest BCUT2D eigenvalue weighted by atomic mass is 9.97. The molecule has 2 aromatic rings. The smallest absolute Gasteiger partial charge is 0.404 e. The van der Waals surface area contributed by atoms with E-state index in [1.54, 1.807) is 6.07 Å². The van der Waals surface area contributed by atoms with Crippen LogP contribution in [0.5, 0.6) is 5.75 Å². The molecule has 30 heavy (non-hydrogen) atoms. The van der Waals surface area contributed by atoms with Gasteiger partial charge >= 0.3 is 6.09 Å². The number of likely N-dealkylation sites (tertiary alicyclic amines) is 1. The standard InChI is InChI=1S/C24H27N3O3/c25-15-18-9-4-5-11-22(18)30-23-14-19(17-7-2-1-3-8-17)13-21(23)27-12-6-10-20(16-27)26-24(28)29/h1-5,7-9,11,19-21,23,26H,6,10,12-14,16H2,(H,28,29)/t19?,20-,21?,23?/m1/s1. The second-order valence-corrected chi connectivity index (χ2v) is 8.19. The van der Waals surface area contributed by atoms with Crippen molar-refractivity contribution in [2.45, 2.75) is 49.8 Å². The first kappa shape index (κ1) is 20.2. The fourth-order valence-electron chi connectivity index (χ4n) is 4.91. The summed E-state index contributed by atoms with van der Waals surface area (Å²) in [5, 5.41) is 21.2. The van der Waals surface area contributed by atoms with E-state index in [0.29, 0.717) is 23.8 Å². The molecule has 2 aromatic carbocycles. The van der Waals surface area contributed by atoms with E-state index in [-0.39, 0.29) is 18.2 Å². The fourth-order valence-corrected chi connectivity index (χ4v) is 4.91. The molecular weight excluding hydrogens is 378 g/mol. The molecule has 0 aromatic heterocycles. The number of carboxylic acid groups (broad SMARTS) is 1. The molecule has 1 amide bonds. The third-order valence-corrected chi connectivity index (χ3v) is 6.28. The molecule has 1 heterocycles. The Bertz CT molecular complexity index is 911. The number of rotatable bonds is 5. The van der Waals surface area contributed by atoms with Crippen LogP contribution in [-0.4, -0.2) is 47.4 Å². The molecule has 1 saturated heterocycles. The summed E-state index contributed by atoms with van der Waals surface area (Å²) in [5.41, 5.74) is 1.85. The number of ether oxygens (including phenoxy) is 1. The zero-order chi connectivity index (χ0) is 20.9. The van der Waals surface area contributed by atoms with E-state index in [1.807, 2.05) is 24.3 Å². The summed E-state index contributed by atoms with van der Waals surface area (Å²) in [6, 6.07) is 20.2. The quantitative estimate of drug-likeness (QED) is 0.786. The van der Waals surface area contributed by atoms with E-state index in [0.717, 1.165) is 32.2 Å². The van der Waals surface area contributed by atoms with Crippen molar-refractivity contribution in [1.82, 2.24) is 10.2 Å². The van der Waals surface area contributed by atoms with Crippen molar-refractivity contribution >= 4 is 6.09 Å². The average molecular weight is 405 g/mol. The van der Waals surface area contributed by atoms with Gasteiger partial charge in [0.1, 0.15) is 17.9 Å². The Hall–Kier alpha value is -3.04. The van der Waals surface area contributed by atoms with Gasteiger partial charge in [-0.05, 0) is 55.8 Å². The molecule has 0 spiro atoms. The number of piperidine rings is 1. The summed E-state index contributed by atoms with van der Waals surface area (Å²) in [5.74, 6) is 1.00. The number of hydrogen-bond donors (Lipinski definition) is 2. The van der Waals surface area contributed by atoms with Gasteiger partial charge in [0, 0.05) is 18.6 Å². The molecule has 0 bridgehead atoms. The Labute approximate surface area is 177 Å². The highest BCUT2D eigenvalue weighted by atomic mass is 16.5. The highest BCUT2D eigenvalue weighted by Crippen LogP contribution is 2.40. The first-order valence-corrected chi connectivity index (χ1v) is 10.6. The van der Waals surface area contributed by atoms with E-state index in [1.165, 1.54) is 5.56 Å². The van der Waals surface area contributed by atoms with Crippen LogP contribution in [-0.2, 0) is 0 Å². The summed E-state index contributed by atoms with van der Waals surface area (Å²) >= 11 is 0. The van der Waals surface area contributed by atoms with Gasteiger partial charge in [0.2, 0.25) is 0 Å². The minimum absolute atomic E-state index is 0.0479. The molecule has 2 aliphatic rings. The maximum atomic E-state index is 11.1. The molecule has 3 unspecified atom stereocenters. The van der Waals surface area contributed by atoms with E-state index in [9.17, 15) is 10.1 Å². The third-order valence-electron chi connectivity index (χ3n) is 6.28. The zero-order valence-electron chi connectivity index (χ0n) is 16.9. The Balaban J connectivity index is 1.56. The average Bonchev–Trinajstić information content (AvgIpc) is 3.18. The van der Waals surface area contributed by atoms with Crippen LogP contribution in [0.15, 0.2) is 54.6 Å². The number of carbonyl (C=O) groups is 1. The van der Waals surface area contributed by atoms with Crippen LogP contribution in [0.25, 0.3) is 0 Å². The number of benzene rings is 2. The molecule has 0 radical (unpaired) electrons. The number of nitriles is 1. The molecule has 1 aliphatic carbocycles. The predicted molar refractivity (Wildman–Crippen MR) is 114 cm³/mol. The van der Waals surface area contributed by atoms with Crippen LogP contribution in [0, 0.1) is 11.3 Å². The Morgan fingerprint density at radius 3 is 2.67 bits per heavy atom. The van der Waals surface area contributed by atoms with Gasteiger partial charge < -0.3 is 15.2 Å². The van der Waals surface area contributed by atoms with E-state index in [4.69, 9.17) is 9.84 Å². The molecule has 4 rings (SSSR count). The van der Waals surface area contributed by atoms with Crippen molar-refractivity contribution in [3.8, 4) is 11.8 Å². The highest BCUT2D eigenvalue weighted by Gasteiger charge is 2.41. The second kappa shape index (κ2) is 9.19. The van der Waals surface area contributed by atoms with Gasteiger partial charge in [-0.3, -0.25) is 4.90 Å². The van der Waals surface area contributed by atoms with Gasteiger partial charge in [-0.15, -0.1) is 0 Å². The minimum atomic E-state index is -0.966. The first-order chi connectivity index (χ1) is 14.6. The Morgan fingerprint density at radius 2 is 1.90 bits per heavy atom. The summed E-state index contributed by atoms with van der Waals surface area (Å²) in [7, 11) is 0. The number of hydrogen-bond acceptors (Lipinski definition) is 4. The normalized spacial score (nSPS) is 26.6. The Kier molecular flexibility index (Phi) is 6.20. The number of para-hydroxylation sites is 1. The molecule has 2 fully saturated rings. The largest absolute Gasteiger partial charge is 0.487 e. The van der Waals surface area contributed by atoms with Gasteiger partial charge in [0.25, 0.3) is 0 Å². The van der Waals surface area contributed by atoms with Crippen LogP contribution >= 0.6 is 0 Å². The Morgan fingerprint density at radius 1 is 1.13 bits per heavy atom. The number of amides is 1. The van der Waals surface area contributed by atoms with Crippen molar-refractivity contribution in [2.24, 2.45) is 0 Å². The molecule has 156 valence electrons. The summed E-state index contributed by atoms with van der Waals surface area (Å²) in [4.78, 5) is 13.5. The lowest BCUT2D eigenvalue weighted by Crippen LogP contribution is -2.53. The summed E-state index contributed by atoms with van der Waals surface area (Å²) in [6.07, 6.45) is 2.64. The summed E-state index contributed by atoms with van der Waals surface area (Å²) < 4.78 is 6.43. The molecule has 6 heteroatoms.